The van der Waals surface area contributed by atoms with E-state index in [-0.39, 0.29) is 0 Å². The summed E-state index contributed by atoms with van der Waals surface area (Å²) in [7, 11) is 0. The molecule has 0 radical (unpaired) electrons. The van der Waals surface area contributed by atoms with Crippen molar-refractivity contribution in [3.05, 3.63) is 42.6 Å². The van der Waals surface area contributed by atoms with Crippen molar-refractivity contribution < 1.29 is 4.74 Å². The Bertz CT molecular complexity index is 361. The zero-order valence-electron chi connectivity index (χ0n) is 10.4. The third-order valence-corrected chi connectivity index (χ3v) is 2.29. The molecule has 0 unspecified atom stereocenters. The van der Waals surface area contributed by atoms with E-state index in [0.717, 1.165) is 25.1 Å². The SMILES string of the molecule is C=CNC=NCCCOc1cccc(CC)c1. The van der Waals surface area contributed by atoms with Crippen LogP contribution in [0.25, 0.3) is 0 Å². The Labute approximate surface area is 103 Å². The van der Waals surface area contributed by atoms with E-state index in [9.17, 15) is 0 Å². The largest absolute Gasteiger partial charge is 0.494 e. The van der Waals surface area contributed by atoms with Gasteiger partial charge in [-0.05, 0) is 30.3 Å². The number of ether oxygens (including phenoxy) is 1. The molecule has 1 rings (SSSR count). The van der Waals surface area contributed by atoms with Crippen LogP contribution in [0.15, 0.2) is 42.0 Å². The van der Waals surface area contributed by atoms with Gasteiger partial charge in [-0.15, -0.1) is 0 Å². The highest BCUT2D eigenvalue weighted by Crippen LogP contribution is 2.13. The number of aryl methyl sites for hydroxylation is 1. The van der Waals surface area contributed by atoms with Crippen LogP contribution in [-0.4, -0.2) is 19.5 Å². The van der Waals surface area contributed by atoms with Crippen LogP contribution in [0.4, 0.5) is 0 Å². The van der Waals surface area contributed by atoms with Crippen molar-refractivity contribution in [2.24, 2.45) is 4.99 Å². The van der Waals surface area contributed by atoms with E-state index in [1.807, 2.05) is 12.1 Å². The van der Waals surface area contributed by atoms with E-state index in [1.54, 1.807) is 12.5 Å². The molecule has 0 aromatic heterocycles. The molecule has 0 saturated carbocycles. The fourth-order valence-corrected chi connectivity index (χ4v) is 1.37. The summed E-state index contributed by atoms with van der Waals surface area (Å²) in [6.07, 6.45) is 5.18. The Kier molecular flexibility index (Phi) is 6.56. The maximum atomic E-state index is 5.64. The third kappa shape index (κ3) is 5.76. The van der Waals surface area contributed by atoms with Gasteiger partial charge >= 0.3 is 0 Å². The predicted octanol–water partition coefficient (Wildman–Crippen LogP) is 2.78. The van der Waals surface area contributed by atoms with Crippen molar-refractivity contribution in [1.29, 1.82) is 0 Å². The number of benzene rings is 1. The van der Waals surface area contributed by atoms with Crippen molar-refractivity contribution >= 4 is 6.34 Å². The zero-order chi connectivity index (χ0) is 12.3. The molecule has 0 amide bonds. The standard InChI is InChI=1S/C14H20N2O/c1-3-13-7-5-8-14(11-13)17-10-6-9-16-12-15-4-2/h4-5,7-8,11-12H,2-3,6,9-10H2,1H3,(H,15,16). The first kappa shape index (κ1) is 13.3. The van der Waals surface area contributed by atoms with E-state index >= 15 is 0 Å². The lowest BCUT2D eigenvalue weighted by atomic mass is 10.2. The second-order valence-electron chi connectivity index (χ2n) is 3.61. The molecular weight excluding hydrogens is 212 g/mol. The molecule has 0 heterocycles. The van der Waals surface area contributed by atoms with Gasteiger partial charge in [0, 0.05) is 13.0 Å². The van der Waals surface area contributed by atoms with E-state index in [2.05, 4.69) is 35.9 Å². The number of nitrogens with zero attached hydrogens (tertiary/aromatic N) is 1. The van der Waals surface area contributed by atoms with Crippen molar-refractivity contribution in [2.45, 2.75) is 19.8 Å². The van der Waals surface area contributed by atoms with Gasteiger partial charge in [-0.2, -0.15) is 0 Å². The summed E-state index contributed by atoms with van der Waals surface area (Å²) in [5.74, 6) is 0.942. The molecule has 1 N–H and O–H groups in total. The molecule has 3 heteroatoms. The summed E-state index contributed by atoms with van der Waals surface area (Å²) < 4.78 is 5.64. The molecule has 0 aliphatic heterocycles. The van der Waals surface area contributed by atoms with Gasteiger partial charge in [-0.25, -0.2) is 0 Å². The van der Waals surface area contributed by atoms with E-state index in [0.29, 0.717) is 6.61 Å². The minimum absolute atomic E-state index is 0.693. The highest BCUT2D eigenvalue weighted by atomic mass is 16.5. The quantitative estimate of drug-likeness (QED) is 0.425. The van der Waals surface area contributed by atoms with Gasteiger partial charge in [0.2, 0.25) is 0 Å². The van der Waals surface area contributed by atoms with Crippen LogP contribution in [0.5, 0.6) is 5.75 Å². The molecule has 3 nitrogen and oxygen atoms in total. The highest BCUT2D eigenvalue weighted by molar-refractivity contribution is 5.55. The highest BCUT2D eigenvalue weighted by Gasteiger charge is 1.94. The monoisotopic (exact) mass is 232 g/mol. The molecule has 0 saturated heterocycles. The summed E-state index contributed by atoms with van der Waals surface area (Å²) in [5.41, 5.74) is 1.30. The van der Waals surface area contributed by atoms with Crippen LogP contribution >= 0.6 is 0 Å². The molecule has 0 fully saturated rings. The third-order valence-electron chi connectivity index (χ3n) is 2.29. The number of aliphatic imine (C=N–C) groups is 1. The average molecular weight is 232 g/mol. The summed E-state index contributed by atoms with van der Waals surface area (Å²) in [4.78, 5) is 4.14. The topological polar surface area (TPSA) is 33.6 Å². The summed E-state index contributed by atoms with van der Waals surface area (Å²) in [5, 5.41) is 2.80. The van der Waals surface area contributed by atoms with Crippen molar-refractivity contribution in [1.82, 2.24) is 5.32 Å². The fraction of sp³-hybridized carbons (Fsp3) is 0.357. The summed E-state index contributed by atoms with van der Waals surface area (Å²) in [6, 6.07) is 8.21. The molecule has 0 aliphatic carbocycles. The zero-order valence-corrected chi connectivity index (χ0v) is 10.4. The number of rotatable bonds is 8. The maximum Gasteiger partial charge on any atom is 0.119 e. The van der Waals surface area contributed by atoms with Gasteiger partial charge in [-0.1, -0.05) is 25.6 Å². The number of hydrogen-bond acceptors (Lipinski definition) is 2. The second-order valence-corrected chi connectivity index (χ2v) is 3.61. The average Bonchev–Trinajstić information content (AvgIpc) is 2.38. The maximum absolute atomic E-state index is 5.64. The van der Waals surface area contributed by atoms with E-state index in [4.69, 9.17) is 4.74 Å². The first-order valence-corrected chi connectivity index (χ1v) is 5.93. The van der Waals surface area contributed by atoms with Crippen molar-refractivity contribution in [3.8, 4) is 5.75 Å². The summed E-state index contributed by atoms with van der Waals surface area (Å²) in [6.45, 7) is 7.11. The molecule has 0 atom stereocenters. The molecular formula is C14H20N2O. The van der Waals surface area contributed by atoms with Crippen LogP contribution in [0.2, 0.25) is 0 Å². The lowest BCUT2D eigenvalue weighted by Crippen LogP contribution is -2.03. The first-order chi connectivity index (χ1) is 8.36. The van der Waals surface area contributed by atoms with Crippen molar-refractivity contribution in [3.63, 3.8) is 0 Å². The molecule has 17 heavy (non-hydrogen) atoms. The fourth-order valence-electron chi connectivity index (χ4n) is 1.37. The second kappa shape index (κ2) is 8.39. The Balaban J connectivity index is 2.19. The number of nitrogens with one attached hydrogen (secondary N) is 1. The lowest BCUT2D eigenvalue weighted by Gasteiger charge is -2.06. The van der Waals surface area contributed by atoms with Gasteiger partial charge < -0.3 is 10.1 Å². The van der Waals surface area contributed by atoms with E-state index in [1.165, 1.54) is 5.56 Å². The van der Waals surface area contributed by atoms with E-state index < -0.39 is 0 Å². The predicted molar refractivity (Wildman–Crippen MR) is 72.6 cm³/mol. The van der Waals surface area contributed by atoms with Crippen molar-refractivity contribution in [2.75, 3.05) is 13.2 Å². The molecule has 1 aromatic carbocycles. The molecule has 0 bridgehead atoms. The lowest BCUT2D eigenvalue weighted by molar-refractivity contribution is 0.313. The van der Waals surface area contributed by atoms with Gasteiger partial charge in [0.25, 0.3) is 0 Å². The summed E-state index contributed by atoms with van der Waals surface area (Å²) >= 11 is 0. The van der Waals surface area contributed by atoms with Crippen LogP contribution in [0.1, 0.15) is 18.9 Å². The molecule has 92 valence electrons. The molecule has 1 aromatic rings. The van der Waals surface area contributed by atoms with Crippen LogP contribution < -0.4 is 10.1 Å². The minimum atomic E-state index is 0.693. The van der Waals surface area contributed by atoms with Crippen LogP contribution in [-0.2, 0) is 6.42 Å². The molecule has 0 spiro atoms. The van der Waals surface area contributed by atoms with Crippen LogP contribution in [0, 0.1) is 0 Å². The van der Waals surface area contributed by atoms with Gasteiger partial charge in [-0.3, -0.25) is 4.99 Å². The Morgan fingerprint density at radius 2 is 2.35 bits per heavy atom. The normalized spacial score (nSPS) is 10.4. The molecule has 0 aliphatic rings. The van der Waals surface area contributed by atoms with Gasteiger partial charge in [0.05, 0.1) is 12.9 Å². The van der Waals surface area contributed by atoms with Gasteiger partial charge in [0.1, 0.15) is 5.75 Å². The minimum Gasteiger partial charge on any atom is -0.494 e. The smallest absolute Gasteiger partial charge is 0.119 e. The van der Waals surface area contributed by atoms with Gasteiger partial charge in [0.15, 0.2) is 0 Å². The Morgan fingerprint density at radius 3 is 3.12 bits per heavy atom. The van der Waals surface area contributed by atoms with Crippen LogP contribution in [0.3, 0.4) is 0 Å². The number of hydrogen-bond donors (Lipinski definition) is 1. The first-order valence-electron chi connectivity index (χ1n) is 5.93. The Morgan fingerprint density at radius 1 is 1.47 bits per heavy atom. The Hall–Kier alpha value is -1.77.